The van der Waals surface area contributed by atoms with Gasteiger partial charge in [0, 0.05) is 6.92 Å². The Balaban J connectivity index is 0.000000277. The monoisotopic (exact) mass is 376 g/mol. The first-order chi connectivity index (χ1) is 12.5. The Morgan fingerprint density at radius 1 is 1.41 bits per heavy atom. The summed E-state index contributed by atoms with van der Waals surface area (Å²) in [5, 5.41) is 9.69. The van der Waals surface area contributed by atoms with Crippen LogP contribution in [0.25, 0.3) is 6.08 Å². The maximum absolute atomic E-state index is 10.8. The van der Waals surface area contributed by atoms with Gasteiger partial charge in [-0.05, 0) is 58.2 Å². The summed E-state index contributed by atoms with van der Waals surface area (Å²) in [4.78, 5) is 10.8. The van der Waals surface area contributed by atoms with Crippen molar-refractivity contribution in [1.29, 1.82) is 0 Å². The molecule has 5 heteroatoms. The third kappa shape index (κ3) is 7.19. The van der Waals surface area contributed by atoms with Crippen molar-refractivity contribution < 1.29 is 24.1 Å². The Labute approximate surface area is 162 Å². The second-order valence-electron chi connectivity index (χ2n) is 7.32. The van der Waals surface area contributed by atoms with E-state index in [2.05, 4.69) is 6.58 Å². The molecule has 150 valence electrons. The average molecular weight is 376 g/mol. The minimum atomic E-state index is -0.735. The van der Waals surface area contributed by atoms with Crippen molar-refractivity contribution in [2.45, 2.75) is 64.8 Å². The van der Waals surface area contributed by atoms with Crippen molar-refractivity contribution in [1.82, 2.24) is 0 Å². The number of benzene rings is 1. The van der Waals surface area contributed by atoms with E-state index in [1.54, 1.807) is 27.0 Å². The van der Waals surface area contributed by atoms with Crippen LogP contribution in [0.1, 0.15) is 53.0 Å². The summed E-state index contributed by atoms with van der Waals surface area (Å²) in [5.74, 6) is 0.645. The zero-order valence-electron chi connectivity index (χ0n) is 17.2. The SMILES string of the molecule is C/C=C/c1ccc(OC(C)=O)c(OC)c1.C=CC1(C)CCC(C(C)(C)O)O1. The summed E-state index contributed by atoms with van der Waals surface area (Å²) in [6, 6.07) is 5.40. The van der Waals surface area contributed by atoms with Gasteiger partial charge in [0.25, 0.3) is 0 Å². The van der Waals surface area contributed by atoms with Crippen LogP contribution in [-0.4, -0.2) is 35.5 Å². The van der Waals surface area contributed by atoms with E-state index < -0.39 is 5.60 Å². The van der Waals surface area contributed by atoms with Crippen LogP contribution < -0.4 is 9.47 Å². The number of methoxy groups -OCH3 is 1. The number of allylic oxidation sites excluding steroid dienone is 1. The lowest BCUT2D eigenvalue weighted by Crippen LogP contribution is -2.37. The van der Waals surface area contributed by atoms with Gasteiger partial charge in [0.1, 0.15) is 0 Å². The van der Waals surface area contributed by atoms with Crippen LogP contribution in [0.15, 0.2) is 36.9 Å². The third-order valence-electron chi connectivity index (χ3n) is 4.33. The minimum absolute atomic E-state index is 0.0551. The fraction of sp³-hybridized carbons (Fsp3) is 0.500. The van der Waals surface area contributed by atoms with Gasteiger partial charge in [-0.3, -0.25) is 4.79 Å². The molecule has 1 aromatic rings. The van der Waals surface area contributed by atoms with E-state index in [0.717, 1.165) is 18.4 Å². The molecule has 0 aliphatic carbocycles. The molecule has 0 aromatic heterocycles. The zero-order chi connectivity index (χ0) is 20.7. The minimum Gasteiger partial charge on any atom is -0.493 e. The molecule has 1 fully saturated rings. The van der Waals surface area contributed by atoms with Gasteiger partial charge in [-0.1, -0.05) is 24.3 Å². The van der Waals surface area contributed by atoms with Crippen LogP contribution in [0, 0.1) is 0 Å². The van der Waals surface area contributed by atoms with Gasteiger partial charge in [-0.15, -0.1) is 6.58 Å². The molecule has 0 bridgehead atoms. The molecule has 0 radical (unpaired) electrons. The summed E-state index contributed by atoms with van der Waals surface area (Å²) in [6.45, 7) is 12.6. The van der Waals surface area contributed by atoms with E-state index in [1.165, 1.54) is 6.92 Å². The van der Waals surface area contributed by atoms with E-state index >= 15 is 0 Å². The van der Waals surface area contributed by atoms with Gasteiger partial charge < -0.3 is 19.3 Å². The number of esters is 1. The van der Waals surface area contributed by atoms with Crippen molar-refractivity contribution in [2.24, 2.45) is 0 Å². The highest BCUT2D eigenvalue weighted by Gasteiger charge is 2.40. The number of hydrogen-bond acceptors (Lipinski definition) is 5. The number of carbonyl (C=O) groups excluding carboxylic acids is 1. The lowest BCUT2D eigenvalue weighted by atomic mass is 9.97. The van der Waals surface area contributed by atoms with Crippen LogP contribution in [-0.2, 0) is 9.53 Å². The predicted octanol–water partition coefficient (Wildman–Crippen LogP) is 4.53. The Bertz CT molecular complexity index is 672. The van der Waals surface area contributed by atoms with Crippen LogP contribution >= 0.6 is 0 Å². The molecule has 27 heavy (non-hydrogen) atoms. The van der Waals surface area contributed by atoms with Crippen LogP contribution in [0.5, 0.6) is 11.5 Å². The van der Waals surface area contributed by atoms with E-state index in [1.807, 2.05) is 44.2 Å². The Morgan fingerprint density at radius 2 is 2.07 bits per heavy atom. The van der Waals surface area contributed by atoms with Gasteiger partial charge in [0.05, 0.1) is 24.4 Å². The maximum atomic E-state index is 10.8. The molecular formula is C22H32O5. The highest BCUT2D eigenvalue weighted by molar-refractivity contribution is 5.71. The van der Waals surface area contributed by atoms with E-state index in [4.69, 9.17) is 14.2 Å². The summed E-state index contributed by atoms with van der Waals surface area (Å²) in [7, 11) is 1.54. The summed E-state index contributed by atoms with van der Waals surface area (Å²) in [6.07, 6.45) is 7.50. The summed E-state index contributed by atoms with van der Waals surface area (Å²) >= 11 is 0. The van der Waals surface area contributed by atoms with Gasteiger partial charge in [0.2, 0.25) is 0 Å². The Kier molecular flexibility index (Phi) is 8.25. The highest BCUT2D eigenvalue weighted by atomic mass is 16.6. The average Bonchev–Trinajstić information content (AvgIpc) is 3.00. The Hall–Kier alpha value is -2.11. The summed E-state index contributed by atoms with van der Waals surface area (Å²) in [5.41, 5.74) is 0.0380. The molecule has 0 amide bonds. The zero-order valence-corrected chi connectivity index (χ0v) is 17.2. The largest absolute Gasteiger partial charge is 0.493 e. The van der Waals surface area contributed by atoms with E-state index in [9.17, 15) is 9.90 Å². The molecule has 2 unspecified atom stereocenters. The molecule has 0 spiro atoms. The number of aliphatic hydroxyl groups is 1. The second kappa shape index (κ2) is 9.72. The fourth-order valence-corrected chi connectivity index (χ4v) is 2.73. The molecular weight excluding hydrogens is 344 g/mol. The normalized spacial score (nSPS) is 22.1. The molecule has 2 atom stereocenters. The molecule has 0 saturated carbocycles. The lowest BCUT2D eigenvalue weighted by molar-refractivity contribution is -0.132. The van der Waals surface area contributed by atoms with Crippen molar-refractivity contribution in [2.75, 3.05) is 7.11 Å². The summed E-state index contributed by atoms with van der Waals surface area (Å²) < 4.78 is 15.8. The van der Waals surface area contributed by atoms with E-state index in [0.29, 0.717) is 11.5 Å². The van der Waals surface area contributed by atoms with Crippen LogP contribution in [0.3, 0.4) is 0 Å². The van der Waals surface area contributed by atoms with Gasteiger partial charge in [-0.2, -0.15) is 0 Å². The van der Waals surface area contributed by atoms with Crippen molar-refractivity contribution in [3.05, 3.63) is 42.5 Å². The van der Waals surface area contributed by atoms with Crippen LogP contribution in [0.2, 0.25) is 0 Å². The highest BCUT2D eigenvalue weighted by Crippen LogP contribution is 2.35. The van der Waals surface area contributed by atoms with E-state index in [-0.39, 0.29) is 17.7 Å². The number of carbonyl (C=O) groups is 1. The first-order valence-corrected chi connectivity index (χ1v) is 9.07. The predicted molar refractivity (Wildman–Crippen MR) is 108 cm³/mol. The quantitative estimate of drug-likeness (QED) is 0.464. The molecule has 2 rings (SSSR count). The molecule has 1 aromatic carbocycles. The first kappa shape index (κ1) is 22.9. The number of ether oxygens (including phenoxy) is 3. The maximum Gasteiger partial charge on any atom is 0.308 e. The van der Waals surface area contributed by atoms with Gasteiger partial charge in [0.15, 0.2) is 11.5 Å². The Morgan fingerprint density at radius 3 is 2.48 bits per heavy atom. The molecule has 1 heterocycles. The topological polar surface area (TPSA) is 65.0 Å². The number of hydrogen-bond donors (Lipinski definition) is 1. The lowest BCUT2D eigenvalue weighted by Gasteiger charge is -2.28. The standard InChI is InChI=1S/C12H14O3.C10H18O2/c1-4-5-10-6-7-11(15-9(2)13)12(8-10)14-3;1-5-10(4)7-6-8(12-10)9(2,3)11/h4-8H,1-3H3;5,8,11H,1,6-7H2,2-4H3/b5-4+;. The van der Waals surface area contributed by atoms with Gasteiger partial charge >= 0.3 is 5.97 Å². The molecule has 1 aliphatic heterocycles. The van der Waals surface area contributed by atoms with Crippen molar-refractivity contribution in [3.63, 3.8) is 0 Å². The van der Waals surface area contributed by atoms with Crippen molar-refractivity contribution >= 4 is 12.0 Å². The molecule has 1 N–H and O–H groups in total. The molecule has 1 saturated heterocycles. The fourth-order valence-electron chi connectivity index (χ4n) is 2.73. The number of rotatable bonds is 5. The molecule has 1 aliphatic rings. The molecule has 5 nitrogen and oxygen atoms in total. The smallest absolute Gasteiger partial charge is 0.308 e. The van der Waals surface area contributed by atoms with Crippen molar-refractivity contribution in [3.8, 4) is 11.5 Å². The third-order valence-corrected chi connectivity index (χ3v) is 4.33. The second-order valence-corrected chi connectivity index (χ2v) is 7.32. The first-order valence-electron chi connectivity index (χ1n) is 9.07. The van der Waals surface area contributed by atoms with Crippen LogP contribution in [0.4, 0.5) is 0 Å². The van der Waals surface area contributed by atoms with Gasteiger partial charge in [-0.25, -0.2) is 0 Å².